The van der Waals surface area contributed by atoms with Crippen LogP contribution in [0.3, 0.4) is 0 Å². The van der Waals surface area contributed by atoms with Crippen molar-refractivity contribution in [2.45, 2.75) is 12.3 Å². The number of anilines is 1. The molecule has 1 aliphatic rings. The maximum atomic E-state index is 13.4. The molecule has 11 heteroatoms. The second-order valence-corrected chi connectivity index (χ2v) is 6.80. The maximum Gasteiger partial charge on any atom is 0.573 e. The van der Waals surface area contributed by atoms with Crippen molar-refractivity contribution in [3.05, 3.63) is 84.2 Å². The Kier molecular flexibility index (Phi) is 5.71. The van der Waals surface area contributed by atoms with Crippen molar-refractivity contribution in [1.29, 1.82) is 0 Å². The van der Waals surface area contributed by atoms with Crippen molar-refractivity contribution in [3.8, 4) is 5.75 Å². The largest absolute Gasteiger partial charge is 0.573 e. The number of alkyl halides is 3. The van der Waals surface area contributed by atoms with E-state index in [-0.39, 0.29) is 18.2 Å². The first kappa shape index (κ1) is 21.2. The van der Waals surface area contributed by atoms with Gasteiger partial charge in [0, 0.05) is 18.1 Å². The maximum absolute atomic E-state index is 13.4. The third kappa shape index (κ3) is 4.99. The monoisotopic (exact) mass is 445 g/mol. The Morgan fingerprint density at radius 1 is 1.03 bits per heavy atom. The minimum Gasteiger partial charge on any atom is -0.406 e. The Morgan fingerprint density at radius 3 is 2.31 bits per heavy atom. The van der Waals surface area contributed by atoms with Crippen LogP contribution in [0.15, 0.2) is 72.4 Å². The molecule has 4 rings (SSSR count). The first-order valence-corrected chi connectivity index (χ1v) is 9.32. The summed E-state index contributed by atoms with van der Waals surface area (Å²) in [5.74, 6) is -1.16. The Bertz CT molecular complexity index is 1120. The summed E-state index contributed by atoms with van der Waals surface area (Å²) >= 11 is 0. The van der Waals surface area contributed by atoms with Crippen molar-refractivity contribution < 1.29 is 27.1 Å². The third-order valence-electron chi connectivity index (χ3n) is 4.61. The Balaban J connectivity index is 1.53. The quantitative estimate of drug-likeness (QED) is 0.598. The number of carbonyl (C=O) groups is 1. The highest BCUT2D eigenvalue weighted by Gasteiger charge is 2.33. The molecule has 2 amide bonds. The van der Waals surface area contributed by atoms with Crippen LogP contribution in [0.2, 0.25) is 0 Å². The van der Waals surface area contributed by atoms with Gasteiger partial charge in [-0.1, -0.05) is 12.1 Å². The lowest BCUT2D eigenvalue weighted by atomic mass is 9.92. The lowest BCUT2D eigenvalue weighted by molar-refractivity contribution is -0.274. The number of halogens is 4. The number of hydrazone groups is 1. The topological polar surface area (TPSA) is 79.7 Å². The van der Waals surface area contributed by atoms with E-state index in [1.807, 2.05) is 0 Å². The molecule has 2 heterocycles. The molecule has 164 valence electrons. The van der Waals surface area contributed by atoms with Crippen LogP contribution in [0, 0.1) is 5.82 Å². The van der Waals surface area contributed by atoms with Crippen molar-refractivity contribution in [2.24, 2.45) is 5.10 Å². The zero-order valence-electron chi connectivity index (χ0n) is 16.3. The number of hydrogen-bond acceptors (Lipinski definition) is 5. The molecule has 1 unspecified atom stereocenters. The van der Waals surface area contributed by atoms with E-state index < -0.39 is 24.0 Å². The van der Waals surface area contributed by atoms with Gasteiger partial charge >= 0.3 is 12.4 Å². The number of rotatable bonds is 4. The van der Waals surface area contributed by atoms with Crippen molar-refractivity contribution >= 4 is 17.4 Å². The van der Waals surface area contributed by atoms with Gasteiger partial charge < -0.3 is 10.1 Å². The molecular formula is C21H15F4N5O2. The van der Waals surface area contributed by atoms with Gasteiger partial charge in [0.2, 0.25) is 0 Å². The number of aromatic nitrogens is 2. The summed E-state index contributed by atoms with van der Waals surface area (Å²) in [6.07, 6.45) is -0.208. The first-order chi connectivity index (χ1) is 15.3. The first-order valence-electron chi connectivity index (χ1n) is 9.32. The van der Waals surface area contributed by atoms with Crippen LogP contribution >= 0.6 is 0 Å². The van der Waals surface area contributed by atoms with Gasteiger partial charge in [0.05, 0.1) is 18.2 Å². The molecule has 3 aromatic rings. The van der Waals surface area contributed by atoms with Crippen molar-refractivity contribution in [2.75, 3.05) is 11.9 Å². The van der Waals surface area contributed by atoms with Gasteiger partial charge in [-0.05, 0) is 47.5 Å². The van der Waals surface area contributed by atoms with E-state index in [2.05, 4.69) is 25.1 Å². The molecule has 0 aliphatic carbocycles. The molecule has 0 saturated carbocycles. The number of amides is 2. The van der Waals surface area contributed by atoms with Gasteiger partial charge in [0.25, 0.3) is 0 Å². The van der Waals surface area contributed by atoms with E-state index in [0.29, 0.717) is 11.3 Å². The van der Waals surface area contributed by atoms with E-state index >= 15 is 0 Å². The van der Waals surface area contributed by atoms with E-state index in [4.69, 9.17) is 0 Å². The van der Waals surface area contributed by atoms with Crippen LogP contribution in [-0.2, 0) is 0 Å². The van der Waals surface area contributed by atoms with Gasteiger partial charge in [-0.15, -0.1) is 13.2 Å². The molecule has 1 aliphatic heterocycles. The van der Waals surface area contributed by atoms with E-state index in [0.717, 1.165) is 17.7 Å². The van der Waals surface area contributed by atoms with Crippen molar-refractivity contribution in [3.63, 3.8) is 0 Å². The van der Waals surface area contributed by atoms with E-state index in [1.165, 1.54) is 35.6 Å². The molecule has 1 atom stereocenters. The smallest absolute Gasteiger partial charge is 0.406 e. The van der Waals surface area contributed by atoms with Crippen LogP contribution in [0.5, 0.6) is 5.75 Å². The summed E-state index contributed by atoms with van der Waals surface area (Å²) in [4.78, 5) is 20.8. The number of carbonyl (C=O) groups excluding carboxylic acids is 1. The van der Waals surface area contributed by atoms with Crippen LogP contribution in [0.1, 0.15) is 17.0 Å². The SMILES string of the molecule is O=C(Nc1ccc(OC(F)(F)F)cc1)N1CC(c2cncnc2)C(c2ccc(F)cc2)=N1. The average Bonchev–Trinajstić information content (AvgIpc) is 3.21. The molecule has 2 aromatic carbocycles. The minimum absolute atomic E-state index is 0.168. The molecule has 0 spiro atoms. The van der Waals surface area contributed by atoms with Crippen molar-refractivity contribution in [1.82, 2.24) is 15.0 Å². The molecule has 0 saturated heterocycles. The van der Waals surface area contributed by atoms with Crippen LogP contribution in [0.4, 0.5) is 28.0 Å². The number of ether oxygens (including phenoxy) is 1. The highest BCUT2D eigenvalue weighted by atomic mass is 19.4. The molecule has 32 heavy (non-hydrogen) atoms. The molecule has 1 aromatic heterocycles. The summed E-state index contributed by atoms with van der Waals surface area (Å²) in [5, 5.41) is 8.16. The summed E-state index contributed by atoms with van der Waals surface area (Å²) in [6, 6.07) is 9.86. The number of nitrogens with zero attached hydrogens (tertiary/aromatic N) is 4. The fraction of sp³-hybridized carbons (Fsp3) is 0.143. The normalized spacial score (nSPS) is 15.9. The zero-order chi connectivity index (χ0) is 22.7. The number of nitrogens with one attached hydrogen (secondary N) is 1. The molecular weight excluding hydrogens is 430 g/mol. The second kappa shape index (κ2) is 8.61. The van der Waals surface area contributed by atoms with E-state index in [1.54, 1.807) is 24.5 Å². The molecule has 0 bridgehead atoms. The summed E-state index contributed by atoms with van der Waals surface area (Å²) in [7, 11) is 0. The summed E-state index contributed by atoms with van der Waals surface area (Å²) < 4.78 is 54.0. The number of hydrogen-bond donors (Lipinski definition) is 1. The van der Waals surface area contributed by atoms with Crippen LogP contribution in [-0.4, -0.2) is 39.6 Å². The molecule has 0 radical (unpaired) electrons. The van der Waals surface area contributed by atoms with E-state index in [9.17, 15) is 22.4 Å². The number of benzene rings is 2. The summed E-state index contributed by atoms with van der Waals surface area (Å²) in [5.41, 5.74) is 2.14. The zero-order valence-corrected chi connectivity index (χ0v) is 16.3. The van der Waals surface area contributed by atoms with Gasteiger partial charge in [-0.25, -0.2) is 24.2 Å². The number of urea groups is 1. The van der Waals surface area contributed by atoms with Crippen LogP contribution < -0.4 is 10.1 Å². The molecule has 1 N–H and O–H groups in total. The standard InChI is InChI=1S/C21H15F4N5O2/c22-15-3-1-13(2-4-15)19-18(14-9-26-12-27-10-14)11-30(29-19)20(31)28-16-5-7-17(8-6-16)32-21(23,24)25/h1-10,12,18H,11H2,(H,28,31). The Hall–Kier alpha value is -4.02. The fourth-order valence-corrected chi connectivity index (χ4v) is 3.19. The summed E-state index contributed by atoms with van der Waals surface area (Å²) in [6.45, 7) is 0.168. The van der Waals surface area contributed by atoms with Crippen LogP contribution in [0.25, 0.3) is 0 Å². The van der Waals surface area contributed by atoms with Gasteiger partial charge in [0.15, 0.2) is 0 Å². The predicted molar refractivity (Wildman–Crippen MR) is 107 cm³/mol. The lowest BCUT2D eigenvalue weighted by Crippen LogP contribution is -2.30. The lowest BCUT2D eigenvalue weighted by Gasteiger charge is -2.16. The Labute approximate surface area is 179 Å². The molecule has 0 fully saturated rings. The second-order valence-electron chi connectivity index (χ2n) is 6.80. The third-order valence-corrected chi connectivity index (χ3v) is 4.61. The van der Waals surface area contributed by atoms with Gasteiger partial charge in [-0.3, -0.25) is 0 Å². The average molecular weight is 445 g/mol. The fourth-order valence-electron chi connectivity index (χ4n) is 3.19. The van der Waals surface area contributed by atoms with Gasteiger partial charge in [-0.2, -0.15) is 5.10 Å². The highest BCUT2D eigenvalue weighted by molar-refractivity contribution is 6.07. The Morgan fingerprint density at radius 2 is 1.69 bits per heavy atom. The molecule has 7 nitrogen and oxygen atoms in total. The van der Waals surface area contributed by atoms with Gasteiger partial charge in [0.1, 0.15) is 17.9 Å². The highest BCUT2D eigenvalue weighted by Crippen LogP contribution is 2.29. The minimum atomic E-state index is -4.80. The predicted octanol–water partition coefficient (Wildman–Crippen LogP) is 4.55.